The molecule has 0 radical (unpaired) electrons. The predicted octanol–water partition coefficient (Wildman–Crippen LogP) is 15.2. The van der Waals surface area contributed by atoms with Crippen molar-refractivity contribution in [3.8, 4) is 17.2 Å². The van der Waals surface area contributed by atoms with Crippen molar-refractivity contribution in [1.29, 1.82) is 5.26 Å². The van der Waals surface area contributed by atoms with Crippen molar-refractivity contribution >= 4 is 34.1 Å². The molecule has 0 spiro atoms. The zero-order valence-electron chi connectivity index (χ0n) is 38.7. The number of rotatable bonds is 3. The zero-order chi connectivity index (χ0) is 42.8. The van der Waals surface area contributed by atoms with Gasteiger partial charge < -0.3 is 9.80 Å². The van der Waals surface area contributed by atoms with Crippen molar-refractivity contribution in [3.05, 3.63) is 159 Å². The Kier molecular flexibility index (Phi) is 9.55. The summed E-state index contributed by atoms with van der Waals surface area (Å²) in [6.07, 6.45) is 1.82. The van der Waals surface area contributed by atoms with Crippen molar-refractivity contribution in [2.24, 2.45) is 0 Å². The molecule has 0 bridgehead atoms. The molecule has 0 atom stereocenters. The lowest BCUT2D eigenvalue weighted by atomic mass is 9.79. The van der Waals surface area contributed by atoms with Gasteiger partial charge in [-0.2, -0.15) is 5.26 Å². The molecular weight excluding hydrogens is 715 g/mol. The van der Waals surface area contributed by atoms with Crippen LogP contribution in [0.3, 0.4) is 0 Å². The van der Waals surface area contributed by atoms with Gasteiger partial charge in [0.25, 0.3) is 0 Å². The summed E-state index contributed by atoms with van der Waals surface area (Å²) in [5.41, 5.74) is 39.2. The highest BCUT2D eigenvalue weighted by Crippen LogP contribution is 2.59. The van der Waals surface area contributed by atoms with Crippen LogP contribution in [0.4, 0.5) is 34.1 Å². The number of fused-ring (bicyclic) bond motifs is 4. The summed E-state index contributed by atoms with van der Waals surface area (Å²) in [6.45, 7) is 39.5. The van der Waals surface area contributed by atoms with E-state index in [1.165, 1.54) is 145 Å². The minimum absolute atomic E-state index is 0.670. The molecule has 0 fully saturated rings. The molecule has 8 rings (SSSR count). The summed E-state index contributed by atoms with van der Waals surface area (Å²) in [6, 6.07) is 15.5. The Balaban J connectivity index is 1.63. The van der Waals surface area contributed by atoms with E-state index >= 15 is 0 Å². The van der Waals surface area contributed by atoms with Crippen LogP contribution < -0.4 is 9.80 Å². The molecule has 6 aromatic rings. The number of nitriles is 1. The number of aryl methyl sites for hydroxylation is 1. The maximum absolute atomic E-state index is 10.1. The van der Waals surface area contributed by atoms with Crippen LogP contribution in [0.5, 0.6) is 0 Å². The van der Waals surface area contributed by atoms with E-state index in [1.807, 2.05) is 12.1 Å². The normalized spacial score (nSPS) is 12.9. The standard InChI is InChI=1S/C56H61N3/c1-27-21-51(58-53-40(14)32(6)28(2)36(10)47(53)23-48-37(11)29(3)33(7)41(15)54(48)58)52(25-46(27)45-20-18-19-44(22-45)26-57)59-55-42(16)34(8)30(4)38(12)49(55)24-50-39(13)31(5)35(9)43(17)56(50)59/h18-22,25H,23-24H2,1-17H3. The average molecular weight is 776 g/mol. The van der Waals surface area contributed by atoms with Crippen LogP contribution >= 0.6 is 0 Å². The lowest BCUT2D eigenvalue weighted by Crippen LogP contribution is -2.28. The van der Waals surface area contributed by atoms with Gasteiger partial charge in [-0.1, -0.05) is 12.1 Å². The van der Waals surface area contributed by atoms with E-state index in [-0.39, 0.29) is 0 Å². The fraction of sp³-hybridized carbons (Fsp3) is 0.339. The molecule has 0 saturated heterocycles. The highest BCUT2D eigenvalue weighted by molar-refractivity contribution is 6.01. The molecule has 59 heavy (non-hydrogen) atoms. The fourth-order valence-electron chi connectivity index (χ4n) is 10.7. The Labute approximate surface area is 354 Å². The van der Waals surface area contributed by atoms with Crippen LogP contribution in [0.15, 0.2) is 36.4 Å². The van der Waals surface area contributed by atoms with E-state index in [2.05, 4.69) is 158 Å². The van der Waals surface area contributed by atoms with Crippen molar-refractivity contribution in [1.82, 2.24) is 0 Å². The summed E-state index contributed by atoms with van der Waals surface area (Å²) in [7, 11) is 0. The molecule has 0 saturated carbocycles. The number of anilines is 6. The molecule has 0 aromatic heterocycles. The molecule has 2 aliphatic rings. The molecule has 0 N–H and O–H groups in total. The second-order valence-corrected chi connectivity index (χ2v) is 18.2. The van der Waals surface area contributed by atoms with Crippen molar-refractivity contribution in [2.75, 3.05) is 9.80 Å². The molecule has 300 valence electrons. The first-order valence-corrected chi connectivity index (χ1v) is 21.5. The molecule has 3 nitrogen and oxygen atoms in total. The summed E-state index contributed by atoms with van der Waals surface area (Å²) >= 11 is 0. The predicted molar refractivity (Wildman–Crippen MR) is 252 cm³/mol. The van der Waals surface area contributed by atoms with Crippen LogP contribution in [0, 0.1) is 129 Å². The van der Waals surface area contributed by atoms with Crippen molar-refractivity contribution in [2.45, 2.75) is 131 Å². The SMILES string of the molecule is Cc1cc(N2c3c(C)c(C)c(C)c(C)c3Cc3c(C)c(C)c(C)c(C)c32)c(N2c3c(C)c(C)c(C)c(C)c3Cc3c(C)c(C)c(C)c(C)c32)cc1-c1cccc(C#N)c1. The first kappa shape index (κ1) is 40.2. The first-order valence-electron chi connectivity index (χ1n) is 21.5. The van der Waals surface area contributed by atoms with Gasteiger partial charge in [-0.25, -0.2) is 0 Å². The topological polar surface area (TPSA) is 30.3 Å². The third kappa shape index (κ3) is 5.59. The van der Waals surface area contributed by atoms with Gasteiger partial charge >= 0.3 is 0 Å². The Morgan fingerprint density at radius 2 is 0.712 bits per heavy atom. The maximum atomic E-state index is 10.1. The van der Waals surface area contributed by atoms with Gasteiger partial charge in [0.05, 0.1) is 45.8 Å². The monoisotopic (exact) mass is 775 g/mol. The largest absolute Gasteiger partial charge is 0.307 e. The fourth-order valence-corrected chi connectivity index (χ4v) is 10.7. The van der Waals surface area contributed by atoms with Crippen molar-refractivity contribution in [3.63, 3.8) is 0 Å². The summed E-state index contributed by atoms with van der Waals surface area (Å²) in [5, 5.41) is 10.1. The number of nitrogens with zero attached hydrogens (tertiary/aromatic N) is 3. The third-order valence-electron chi connectivity index (χ3n) is 15.8. The van der Waals surface area contributed by atoms with Gasteiger partial charge in [0.15, 0.2) is 0 Å². The minimum atomic E-state index is 0.670. The van der Waals surface area contributed by atoms with E-state index in [4.69, 9.17) is 0 Å². The number of benzene rings is 6. The zero-order valence-corrected chi connectivity index (χ0v) is 38.7. The Bertz CT molecular complexity index is 2770. The Morgan fingerprint density at radius 1 is 0.390 bits per heavy atom. The van der Waals surface area contributed by atoms with E-state index in [0.717, 1.165) is 29.7 Å². The van der Waals surface area contributed by atoms with Gasteiger partial charge in [-0.3, -0.25) is 0 Å². The van der Waals surface area contributed by atoms with Crippen LogP contribution in [-0.2, 0) is 12.8 Å². The van der Waals surface area contributed by atoms with Gasteiger partial charge in [0, 0.05) is 12.8 Å². The second-order valence-electron chi connectivity index (χ2n) is 18.2. The van der Waals surface area contributed by atoms with E-state index in [9.17, 15) is 5.26 Å². The molecule has 6 aromatic carbocycles. The lowest BCUT2D eigenvalue weighted by molar-refractivity contribution is 0.982. The molecule has 3 heteroatoms. The van der Waals surface area contributed by atoms with Crippen LogP contribution in [0.1, 0.15) is 122 Å². The smallest absolute Gasteiger partial charge is 0.0991 e. The Morgan fingerprint density at radius 3 is 1.05 bits per heavy atom. The van der Waals surface area contributed by atoms with Crippen LogP contribution in [0.2, 0.25) is 0 Å². The van der Waals surface area contributed by atoms with Gasteiger partial charge in [-0.05, 0) is 270 Å². The molecular formula is C56H61N3. The molecule has 0 unspecified atom stereocenters. The number of hydrogen-bond donors (Lipinski definition) is 0. The van der Waals surface area contributed by atoms with Gasteiger partial charge in [0.2, 0.25) is 0 Å². The summed E-state index contributed by atoms with van der Waals surface area (Å²) in [5.74, 6) is 0. The highest BCUT2D eigenvalue weighted by Gasteiger charge is 2.38. The van der Waals surface area contributed by atoms with E-state index < -0.39 is 0 Å². The lowest BCUT2D eigenvalue weighted by Gasteiger charge is -2.44. The van der Waals surface area contributed by atoms with E-state index in [1.54, 1.807) is 0 Å². The minimum Gasteiger partial charge on any atom is -0.307 e. The van der Waals surface area contributed by atoms with Gasteiger partial charge in [-0.15, -0.1) is 0 Å². The first-order chi connectivity index (χ1) is 27.8. The maximum Gasteiger partial charge on any atom is 0.0991 e. The molecule has 2 heterocycles. The Hall–Kier alpha value is -5.59. The molecule has 0 aliphatic carbocycles. The van der Waals surface area contributed by atoms with Gasteiger partial charge in [0.1, 0.15) is 0 Å². The van der Waals surface area contributed by atoms with Crippen LogP contribution in [0.25, 0.3) is 11.1 Å². The van der Waals surface area contributed by atoms with E-state index in [0.29, 0.717) is 5.56 Å². The highest BCUT2D eigenvalue weighted by atomic mass is 15.2. The second kappa shape index (κ2) is 14.0. The van der Waals surface area contributed by atoms with Crippen molar-refractivity contribution < 1.29 is 0 Å². The third-order valence-corrected chi connectivity index (χ3v) is 15.8. The number of hydrogen-bond acceptors (Lipinski definition) is 3. The summed E-state index contributed by atoms with van der Waals surface area (Å²) in [4.78, 5) is 5.38. The quantitative estimate of drug-likeness (QED) is 0.179. The summed E-state index contributed by atoms with van der Waals surface area (Å²) < 4.78 is 0. The molecule has 2 aliphatic heterocycles. The van der Waals surface area contributed by atoms with Crippen LogP contribution in [-0.4, -0.2) is 0 Å². The molecule has 0 amide bonds. The average Bonchev–Trinajstić information content (AvgIpc) is 3.24.